The largest absolute Gasteiger partial charge is 0.497 e. The molecule has 0 aliphatic heterocycles. The number of nitrogens with one attached hydrogen (secondary N) is 3. The second-order valence-corrected chi connectivity index (χ2v) is 6.01. The Morgan fingerprint density at radius 1 is 0.964 bits per heavy atom. The summed E-state index contributed by atoms with van der Waals surface area (Å²) in [5.74, 6) is 1.92. The van der Waals surface area contributed by atoms with Crippen molar-refractivity contribution in [2.75, 3.05) is 30.2 Å². The SMILES string of the molecule is COc1ccc(OC)c(NC(=O)Nc2cc(Nc3cccc(Cl)c3)ncn2)c1. The molecular weight excluding hydrogens is 382 g/mol. The highest BCUT2D eigenvalue weighted by molar-refractivity contribution is 6.30. The van der Waals surface area contributed by atoms with Crippen molar-refractivity contribution < 1.29 is 14.3 Å². The Labute approximate surface area is 166 Å². The Bertz CT molecular complexity index is 983. The third-order valence-electron chi connectivity index (χ3n) is 3.66. The molecule has 9 heteroatoms. The summed E-state index contributed by atoms with van der Waals surface area (Å²) in [6.07, 6.45) is 1.34. The summed E-state index contributed by atoms with van der Waals surface area (Å²) in [6, 6.07) is 13.4. The van der Waals surface area contributed by atoms with Crippen LogP contribution >= 0.6 is 11.6 Å². The highest BCUT2D eigenvalue weighted by Gasteiger charge is 2.10. The maximum absolute atomic E-state index is 12.3. The fourth-order valence-electron chi connectivity index (χ4n) is 2.39. The summed E-state index contributed by atoms with van der Waals surface area (Å²) in [5.41, 5.74) is 1.23. The van der Waals surface area contributed by atoms with Crippen LogP contribution in [-0.4, -0.2) is 30.2 Å². The number of anilines is 4. The first kappa shape index (κ1) is 19.2. The number of aromatic nitrogens is 2. The van der Waals surface area contributed by atoms with E-state index in [4.69, 9.17) is 21.1 Å². The Hall–Kier alpha value is -3.52. The van der Waals surface area contributed by atoms with E-state index in [2.05, 4.69) is 25.9 Å². The van der Waals surface area contributed by atoms with E-state index in [0.29, 0.717) is 33.8 Å². The van der Waals surface area contributed by atoms with Crippen molar-refractivity contribution in [3.8, 4) is 11.5 Å². The fourth-order valence-corrected chi connectivity index (χ4v) is 2.58. The van der Waals surface area contributed by atoms with Crippen LogP contribution in [0.5, 0.6) is 11.5 Å². The summed E-state index contributed by atoms with van der Waals surface area (Å²) in [6.45, 7) is 0. The molecule has 0 bridgehead atoms. The van der Waals surface area contributed by atoms with Gasteiger partial charge in [-0.05, 0) is 30.3 Å². The van der Waals surface area contributed by atoms with Crippen LogP contribution in [0.2, 0.25) is 5.02 Å². The van der Waals surface area contributed by atoms with Crippen LogP contribution in [0.4, 0.5) is 27.8 Å². The van der Waals surface area contributed by atoms with E-state index in [1.165, 1.54) is 13.4 Å². The summed E-state index contributed by atoms with van der Waals surface area (Å²) in [5, 5.41) is 9.06. The van der Waals surface area contributed by atoms with E-state index in [9.17, 15) is 4.79 Å². The molecule has 1 aromatic heterocycles. The number of carbonyl (C=O) groups is 1. The number of halogens is 1. The Morgan fingerprint density at radius 3 is 2.54 bits per heavy atom. The number of methoxy groups -OCH3 is 2. The van der Waals surface area contributed by atoms with Crippen LogP contribution in [0.25, 0.3) is 0 Å². The summed E-state index contributed by atoms with van der Waals surface area (Å²) in [4.78, 5) is 20.5. The molecule has 144 valence electrons. The standard InChI is InChI=1S/C19H18ClN5O3/c1-27-14-6-7-16(28-2)15(9-14)24-19(26)25-18-10-17(21-11-22-18)23-13-5-3-4-12(20)8-13/h3-11H,1-2H3,(H3,21,22,23,24,25,26). The lowest BCUT2D eigenvalue weighted by Gasteiger charge is -2.12. The maximum atomic E-state index is 12.3. The molecule has 28 heavy (non-hydrogen) atoms. The lowest BCUT2D eigenvalue weighted by atomic mass is 10.2. The summed E-state index contributed by atoms with van der Waals surface area (Å²) < 4.78 is 10.4. The minimum absolute atomic E-state index is 0.318. The smallest absolute Gasteiger partial charge is 0.324 e. The number of hydrogen-bond donors (Lipinski definition) is 3. The average molecular weight is 400 g/mol. The van der Waals surface area contributed by atoms with Gasteiger partial charge in [0.25, 0.3) is 0 Å². The molecule has 2 aromatic carbocycles. The number of carbonyl (C=O) groups excluding carboxylic acids is 1. The molecule has 0 spiro atoms. The van der Waals surface area contributed by atoms with Gasteiger partial charge in [0.2, 0.25) is 0 Å². The summed E-state index contributed by atoms with van der Waals surface area (Å²) in [7, 11) is 3.06. The van der Waals surface area contributed by atoms with E-state index in [1.807, 2.05) is 12.1 Å². The molecule has 0 radical (unpaired) electrons. The first-order valence-corrected chi connectivity index (χ1v) is 8.60. The van der Waals surface area contributed by atoms with Crippen LogP contribution in [0.1, 0.15) is 0 Å². The predicted molar refractivity (Wildman–Crippen MR) is 109 cm³/mol. The van der Waals surface area contributed by atoms with Gasteiger partial charge in [-0.25, -0.2) is 14.8 Å². The lowest BCUT2D eigenvalue weighted by molar-refractivity contribution is 0.262. The van der Waals surface area contributed by atoms with Gasteiger partial charge in [-0.3, -0.25) is 5.32 Å². The molecule has 0 unspecified atom stereocenters. The minimum Gasteiger partial charge on any atom is -0.497 e. The number of ether oxygens (including phenoxy) is 2. The highest BCUT2D eigenvalue weighted by atomic mass is 35.5. The van der Waals surface area contributed by atoms with Gasteiger partial charge in [-0.2, -0.15) is 0 Å². The van der Waals surface area contributed by atoms with E-state index in [0.717, 1.165) is 5.69 Å². The monoisotopic (exact) mass is 399 g/mol. The predicted octanol–water partition coefficient (Wildman–Crippen LogP) is 4.53. The Morgan fingerprint density at radius 2 is 1.79 bits per heavy atom. The van der Waals surface area contributed by atoms with Gasteiger partial charge >= 0.3 is 6.03 Å². The molecule has 3 N–H and O–H groups in total. The first-order valence-electron chi connectivity index (χ1n) is 8.22. The Kier molecular flexibility index (Phi) is 6.13. The van der Waals surface area contributed by atoms with Crippen molar-refractivity contribution in [1.82, 2.24) is 9.97 Å². The molecule has 8 nitrogen and oxygen atoms in total. The molecule has 0 fully saturated rings. The molecule has 3 aromatic rings. The number of amides is 2. The van der Waals surface area contributed by atoms with Crippen LogP contribution in [0.15, 0.2) is 54.9 Å². The molecular formula is C19H18ClN5O3. The van der Waals surface area contributed by atoms with Crippen molar-refractivity contribution in [2.45, 2.75) is 0 Å². The number of hydrogen-bond acceptors (Lipinski definition) is 6. The molecule has 0 saturated carbocycles. The molecule has 1 heterocycles. The zero-order chi connectivity index (χ0) is 19.9. The van der Waals surface area contributed by atoms with E-state index >= 15 is 0 Å². The normalized spacial score (nSPS) is 10.1. The van der Waals surface area contributed by atoms with Crippen molar-refractivity contribution in [1.29, 1.82) is 0 Å². The number of nitrogens with zero attached hydrogens (tertiary/aromatic N) is 2. The molecule has 2 amide bonds. The zero-order valence-electron chi connectivity index (χ0n) is 15.2. The van der Waals surface area contributed by atoms with Gasteiger partial charge in [-0.1, -0.05) is 17.7 Å². The van der Waals surface area contributed by atoms with Gasteiger partial charge in [0.1, 0.15) is 29.5 Å². The van der Waals surface area contributed by atoms with Gasteiger partial charge in [0, 0.05) is 22.8 Å². The lowest BCUT2D eigenvalue weighted by Crippen LogP contribution is -2.20. The average Bonchev–Trinajstić information content (AvgIpc) is 2.68. The molecule has 0 saturated heterocycles. The van der Waals surface area contributed by atoms with Gasteiger partial charge in [0.05, 0.1) is 19.9 Å². The topological polar surface area (TPSA) is 97.4 Å². The maximum Gasteiger partial charge on any atom is 0.324 e. The quantitative estimate of drug-likeness (QED) is 0.563. The molecule has 0 aliphatic rings. The van der Waals surface area contributed by atoms with E-state index < -0.39 is 6.03 Å². The molecule has 0 atom stereocenters. The Balaban J connectivity index is 1.69. The first-order chi connectivity index (χ1) is 13.6. The minimum atomic E-state index is -0.487. The highest BCUT2D eigenvalue weighted by Crippen LogP contribution is 2.29. The van der Waals surface area contributed by atoms with E-state index in [1.54, 1.807) is 43.5 Å². The molecule has 3 rings (SSSR count). The number of benzene rings is 2. The fraction of sp³-hybridized carbons (Fsp3) is 0.105. The van der Waals surface area contributed by atoms with Crippen LogP contribution in [-0.2, 0) is 0 Å². The second kappa shape index (κ2) is 8.92. The van der Waals surface area contributed by atoms with Crippen LogP contribution < -0.4 is 25.4 Å². The van der Waals surface area contributed by atoms with Crippen molar-refractivity contribution in [2.24, 2.45) is 0 Å². The van der Waals surface area contributed by atoms with Crippen molar-refractivity contribution in [3.05, 3.63) is 59.9 Å². The number of rotatable bonds is 6. The third-order valence-corrected chi connectivity index (χ3v) is 3.90. The second-order valence-electron chi connectivity index (χ2n) is 5.57. The van der Waals surface area contributed by atoms with Gasteiger partial charge < -0.3 is 20.1 Å². The number of urea groups is 1. The third kappa shape index (κ3) is 5.01. The van der Waals surface area contributed by atoms with Gasteiger partial charge in [-0.15, -0.1) is 0 Å². The van der Waals surface area contributed by atoms with Gasteiger partial charge in [0.15, 0.2) is 0 Å². The zero-order valence-corrected chi connectivity index (χ0v) is 15.9. The summed E-state index contributed by atoms with van der Waals surface area (Å²) >= 11 is 5.98. The van der Waals surface area contributed by atoms with E-state index in [-0.39, 0.29) is 0 Å². The van der Waals surface area contributed by atoms with Crippen molar-refractivity contribution in [3.63, 3.8) is 0 Å². The van der Waals surface area contributed by atoms with Crippen LogP contribution in [0.3, 0.4) is 0 Å². The van der Waals surface area contributed by atoms with Crippen LogP contribution in [0, 0.1) is 0 Å². The molecule has 0 aliphatic carbocycles. The van der Waals surface area contributed by atoms with Crippen molar-refractivity contribution >= 4 is 40.6 Å².